The predicted molar refractivity (Wildman–Crippen MR) is 82.7 cm³/mol. The van der Waals surface area contributed by atoms with Gasteiger partial charge in [-0.15, -0.1) is 0 Å². The fourth-order valence-electron chi connectivity index (χ4n) is 2.67. The van der Waals surface area contributed by atoms with Gasteiger partial charge in [0.15, 0.2) is 11.6 Å². The number of hydrogen-bond donors (Lipinski definition) is 1. The monoisotopic (exact) mass is 335 g/mol. The molecule has 1 aliphatic carbocycles. The Hall–Kier alpha value is -1.01. The third kappa shape index (κ3) is 3.66. The Kier molecular flexibility index (Phi) is 5.73. The van der Waals surface area contributed by atoms with Crippen LogP contribution in [0.5, 0.6) is 0 Å². The van der Waals surface area contributed by atoms with Gasteiger partial charge in [0.2, 0.25) is 0 Å². The van der Waals surface area contributed by atoms with Crippen molar-refractivity contribution < 1.29 is 23.8 Å². The molecule has 1 rings (SSSR count). The third-order valence-corrected chi connectivity index (χ3v) is 4.12. The maximum atomic E-state index is 12.4. The molecular formula is C15H26ClNO5. The smallest absolute Gasteiger partial charge is 0.408 e. The van der Waals surface area contributed by atoms with Gasteiger partial charge >= 0.3 is 12.1 Å². The van der Waals surface area contributed by atoms with Crippen LogP contribution in [0, 0.1) is 5.41 Å². The van der Waals surface area contributed by atoms with Gasteiger partial charge in [-0.25, -0.2) is 9.59 Å². The largest absolute Gasteiger partial charge is 0.448 e. The van der Waals surface area contributed by atoms with Gasteiger partial charge in [-0.1, -0.05) is 25.4 Å². The average Bonchev–Trinajstić information content (AvgIpc) is 2.35. The zero-order valence-electron chi connectivity index (χ0n) is 14.1. The van der Waals surface area contributed by atoms with Crippen LogP contribution in [0.1, 0.15) is 48.0 Å². The van der Waals surface area contributed by atoms with Crippen molar-refractivity contribution in [3.8, 4) is 0 Å². The van der Waals surface area contributed by atoms with E-state index in [-0.39, 0.29) is 12.2 Å². The van der Waals surface area contributed by atoms with Crippen molar-refractivity contribution in [2.24, 2.45) is 5.41 Å². The molecule has 128 valence electrons. The molecule has 0 aromatic heterocycles. The Balaban J connectivity index is 2.96. The van der Waals surface area contributed by atoms with Gasteiger partial charge in [0.05, 0.1) is 6.10 Å². The Labute approximate surface area is 136 Å². The highest BCUT2D eigenvalue weighted by molar-refractivity contribution is 6.17. The quantitative estimate of drug-likeness (QED) is 0.617. The molecule has 22 heavy (non-hydrogen) atoms. The van der Waals surface area contributed by atoms with E-state index >= 15 is 0 Å². The molecule has 1 N–H and O–H groups in total. The molecule has 0 saturated heterocycles. The van der Waals surface area contributed by atoms with E-state index in [0.717, 1.165) is 0 Å². The molecule has 0 bridgehead atoms. The number of rotatable bonds is 5. The van der Waals surface area contributed by atoms with E-state index in [1.807, 2.05) is 20.8 Å². The lowest BCUT2D eigenvalue weighted by molar-refractivity contribution is -0.195. The maximum Gasteiger partial charge on any atom is 0.408 e. The summed E-state index contributed by atoms with van der Waals surface area (Å²) in [5.74, 6) is -0.575. The molecular weight excluding hydrogens is 310 g/mol. The second-order valence-corrected chi connectivity index (χ2v) is 7.16. The van der Waals surface area contributed by atoms with Crippen LogP contribution in [0.2, 0.25) is 0 Å². The highest BCUT2D eigenvalue weighted by Gasteiger charge is 2.67. The normalized spacial score (nSPS) is 26.8. The molecule has 1 aliphatic rings. The highest BCUT2D eigenvalue weighted by Crippen LogP contribution is 2.52. The topological polar surface area (TPSA) is 73.9 Å². The fourth-order valence-corrected chi connectivity index (χ4v) is 2.77. The lowest BCUT2D eigenvalue weighted by Crippen LogP contribution is -2.76. The van der Waals surface area contributed by atoms with E-state index in [0.29, 0.717) is 13.0 Å². The predicted octanol–water partition coefficient (Wildman–Crippen LogP) is 2.82. The van der Waals surface area contributed by atoms with Crippen molar-refractivity contribution in [1.29, 1.82) is 0 Å². The number of hydrogen-bond acceptors (Lipinski definition) is 5. The van der Waals surface area contributed by atoms with Gasteiger partial charge in [-0.2, -0.15) is 0 Å². The molecule has 0 heterocycles. The number of alkyl halides is 1. The summed E-state index contributed by atoms with van der Waals surface area (Å²) in [4.78, 5) is 24.5. The number of halogens is 1. The standard InChI is InChI=1S/C15H26ClNO5/c1-7-20-10-8-15(14(10,5)6,11(18)21-9-16)17-12(19)22-13(2,3)4/h10H,7-9H2,1-6H3,(H,17,19). The summed E-state index contributed by atoms with van der Waals surface area (Å²) in [7, 11) is 0. The molecule has 2 atom stereocenters. The first-order valence-electron chi connectivity index (χ1n) is 7.36. The van der Waals surface area contributed by atoms with E-state index in [2.05, 4.69) is 5.32 Å². The fraction of sp³-hybridized carbons (Fsp3) is 0.867. The van der Waals surface area contributed by atoms with Crippen LogP contribution in [0.25, 0.3) is 0 Å². The molecule has 1 amide bonds. The summed E-state index contributed by atoms with van der Waals surface area (Å²) >= 11 is 5.50. The van der Waals surface area contributed by atoms with Crippen LogP contribution in [-0.4, -0.2) is 42.0 Å². The van der Waals surface area contributed by atoms with Crippen LogP contribution >= 0.6 is 11.6 Å². The van der Waals surface area contributed by atoms with Gasteiger partial charge in [0.25, 0.3) is 0 Å². The molecule has 1 saturated carbocycles. The van der Waals surface area contributed by atoms with E-state index in [9.17, 15) is 9.59 Å². The summed E-state index contributed by atoms with van der Waals surface area (Å²) in [6.45, 7) is 11.4. The maximum absolute atomic E-state index is 12.4. The van der Waals surface area contributed by atoms with Crippen molar-refractivity contribution in [3.63, 3.8) is 0 Å². The summed E-state index contributed by atoms with van der Waals surface area (Å²) in [5.41, 5.74) is -2.50. The SMILES string of the molecule is CCOC1CC(NC(=O)OC(C)(C)C)(C(=O)OCCl)C1(C)C. The molecule has 1 fully saturated rings. The summed E-state index contributed by atoms with van der Waals surface area (Å²) < 4.78 is 15.8. The first-order valence-corrected chi connectivity index (χ1v) is 7.89. The van der Waals surface area contributed by atoms with Crippen LogP contribution in [-0.2, 0) is 19.0 Å². The van der Waals surface area contributed by atoms with E-state index in [4.69, 9.17) is 25.8 Å². The van der Waals surface area contributed by atoms with Crippen LogP contribution in [0.3, 0.4) is 0 Å². The summed E-state index contributed by atoms with van der Waals surface area (Å²) in [6.07, 6.45) is -0.500. The number of ether oxygens (including phenoxy) is 3. The van der Waals surface area contributed by atoms with Gasteiger partial charge in [-0.05, 0) is 27.7 Å². The van der Waals surface area contributed by atoms with Crippen molar-refractivity contribution in [1.82, 2.24) is 5.32 Å². The number of carbonyl (C=O) groups is 2. The number of amides is 1. The van der Waals surface area contributed by atoms with Gasteiger partial charge in [0.1, 0.15) is 5.60 Å². The van der Waals surface area contributed by atoms with Crippen LogP contribution in [0.4, 0.5) is 4.79 Å². The van der Waals surface area contributed by atoms with Crippen molar-refractivity contribution in [2.45, 2.75) is 65.2 Å². The summed E-state index contributed by atoms with van der Waals surface area (Å²) in [5, 5.41) is 2.68. The van der Waals surface area contributed by atoms with Gasteiger partial charge < -0.3 is 19.5 Å². The third-order valence-electron chi connectivity index (χ3n) is 4.01. The van der Waals surface area contributed by atoms with Crippen LogP contribution in [0.15, 0.2) is 0 Å². The van der Waals surface area contributed by atoms with Crippen molar-refractivity contribution in [2.75, 3.05) is 12.7 Å². The second kappa shape index (κ2) is 6.62. The highest BCUT2D eigenvalue weighted by atomic mass is 35.5. The molecule has 0 aromatic carbocycles. The average molecular weight is 336 g/mol. The number of nitrogens with one attached hydrogen (secondary N) is 1. The minimum Gasteiger partial charge on any atom is -0.448 e. The number of alkyl carbamates (subject to hydrolysis) is 1. The van der Waals surface area contributed by atoms with E-state index < -0.39 is 28.6 Å². The minimum atomic E-state index is -1.20. The summed E-state index contributed by atoms with van der Waals surface area (Å²) in [6, 6.07) is -0.272. The number of esters is 1. The first kappa shape index (κ1) is 19.0. The zero-order chi connectivity index (χ0) is 17.2. The zero-order valence-corrected chi connectivity index (χ0v) is 14.9. The lowest BCUT2D eigenvalue weighted by atomic mass is 9.54. The van der Waals surface area contributed by atoms with Crippen molar-refractivity contribution in [3.05, 3.63) is 0 Å². The van der Waals surface area contributed by atoms with Gasteiger partial charge in [-0.3, -0.25) is 0 Å². The Morgan fingerprint density at radius 2 is 1.91 bits per heavy atom. The second-order valence-electron chi connectivity index (χ2n) is 6.94. The molecule has 6 nitrogen and oxygen atoms in total. The Morgan fingerprint density at radius 3 is 2.32 bits per heavy atom. The molecule has 2 unspecified atom stereocenters. The molecule has 0 aromatic rings. The van der Waals surface area contributed by atoms with E-state index in [1.165, 1.54) is 0 Å². The Bertz CT molecular complexity index is 432. The first-order chi connectivity index (χ1) is 10.00. The number of carbonyl (C=O) groups excluding carboxylic acids is 2. The lowest BCUT2D eigenvalue weighted by Gasteiger charge is -2.58. The Morgan fingerprint density at radius 1 is 1.32 bits per heavy atom. The molecule has 7 heteroatoms. The molecule has 0 radical (unpaired) electrons. The van der Waals surface area contributed by atoms with Crippen molar-refractivity contribution >= 4 is 23.7 Å². The van der Waals surface area contributed by atoms with Gasteiger partial charge in [0, 0.05) is 18.4 Å². The molecule has 0 aliphatic heterocycles. The van der Waals surface area contributed by atoms with E-state index in [1.54, 1.807) is 20.8 Å². The minimum absolute atomic E-state index is 0.157. The molecule has 0 spiro atoms. The van der Waals surface area contributed by atoms with Crippen LogP contribution < -0.4 is 5.32 Å².